The number of thiophene rings is 1. The molecule has 2 aromatic rings. The number of nitrogens with two attached hydrogens (primary N) is 1. The first kappa shape index (κ1) is 11.7. The van der Waals surface area contributed by atoms with Crippen LogP contribution in [0.3, 0.4) is 0 Å². The third-order valence-electron chi connectivity index (χ3n) is 2.23. The summed E-state index contributed by atoms with van der Waals surface area (Å²) in [6.45, 7) is 1.92. The Morgan fingerprint density at radius 2 is 2.19 bits per heavy atom. The van der Waals surface area contributed by atoms with Crippen LogP contribution in [0.25, 0.3) is 0 Å². The molecule has 0 fully saturated rings. The molecule has 0 saturated carbocycles. The maximum Gasteiger partial charge on any atom is 0.0757 e. The van der Waals surface area contributed by atoms with Crippen LogP contribution in [0, 0.1) is 6.92 Å². The van der Waals surface area contributed by atoms with Gasteiger partial charge in [-0.1, -0.05) is 0 Å². The molecule has 0 aromatic carbocycles. The molecule has 0 spiro atoms. The zero-order chi connectivity index (χ0) is 11.5. The van der Waals surface area contributed by atoms with Crippen LogP contribution in [0.1, 0.15) is 22.3 Å². The summed E-state index contributed by atoms with van der Waals surface area (Å²) in [7, 11) is 0. The van der Waals surface area contributed by atoms with E-state index in [4.69, 9.17) is 5.73 Å². The number of hydrogen-bond donors (Lipinski definition) is 1. The highest BCUT2D eigenvalue weighted by Gasteiger charge is 2.10. The summed E-state index contributed by atoms with van der Waals surface area (Å²) in [5, 5.41) is 0. The van der Waals surface area contributed by atoms with Crippen molar-refractivity contribution in [2.75, 3.05) is 0 Å². The molecule has 2 heterocycles. The van der Waals surface area contributed by atoms with Gasteiger partial charge in [0.25, 0.3) is 0 Å². The van der Waals surface area contributed by atoms with Crippen LogP contribution in [0.4, 0.5) is 0 Å². The fraction of sp³-hybridized carbons (Fsp3) is 0.273. The molecule has 1 atom stereocenters. The second-order valence-corrected chi connectivity index (χ2v) is 6.15. The van der Waals surface area contributed by atoms with Gasteiger partial charge in [-0.25, -0.2) is 0 Å². The van der Waals surface area contributed by atoms with E-state index in [1.54, 1.807) is 23.7 Å². The van der Waals surface area contributed by atoms with E-state index in [0.717, 1.165) is 21.6 Å². The van der Waals surface area contributed by atoms with Crippen LogP contribution >= 0.6 is 27.3 Å². The first-order valence-corrected chi connectivity index (χ1v) is 6.54. The quantitative estimate of drug-likeness (QED) is 0.948. The third-order valence-corrected chi connectivity index (χ3v) is 3.88. The van der Waals surface area contributed by atoms with Gasteiger partial charge in [0, 0.05) is 17.5 Å². The summed E-state index contributed by atoms with van der Waals surface area (Å²) in [5.41, 5.74) is 7.83. The lowest BCUT2D eigenvalue weighted by Gasteiger charge is -2.09. The minimum atomic E-state index is -0.0846. The van der Waals surface area contributed by atoms with E-state index in [9.17, 15) is 0 Å². The maximum atomic E-state index is 6.08. The molecule has 0 bridgehead atoms. The molecule has 16 heavy (non-hydrogen) atoms. The highest BCUT2D eigenvalue weighted by atomic mass is 79.9. The zero-order valence-electron chi connectivity index (χ0n) is 8.85. The summed E-state index contributed by atoms with van der Waals surface area (Å²) in [4.78, 5) is 9.74. The molecule has 1 unspecified atom stereocenters. The van der Waals surface area contributed by atoms with Crippen LogP contribution in [-0.2, 0) is 6.42 Å². The Morgan fingerprint density at radius 3 is 2.75 bits per heavy atom. The van der Waals surface area contributed by atoms with Crippen molar-refractivity contribution < 1.29 is 0 Å². The fourth-order valence-electron chi connectivity index (χ4n) is 1.38. The van der Waals surface area contributed by atoms with E-state index in [-0.39, 0.29) is 6.04 Å². The lowest BCUT2D eigenvalue weighted by molar-refractivity contribution is 0.696. The fourth-order valence-corrected chi connectivity index (χ4v) is 2.92. The van der Waals surface area contributed by atoms with E-state index < -0.39 is 0 Å². The second-order valence-electron chi connectivity index (χ2n) is 3.60. The Hall–Kier alpha value is -0.780. The minimum absolute atomic E-state index is 0.0846. The highest BCUT2D eigenvalue weighted by Crippen LogP contribution is 2.25. The highest BCUT2D eigenvalue weighted by molar-refractivity contribution is 9.11. The topological polar surface area (TPSA) is 51.8 Å². The van der Waals surface area contributed by atoms with Gasteiger partial charge < -0.3 is 5.73 Å². The molecule has 0 aliphatic heterocycles. The predicted octanol–water partition coefficient (Wildman–Crippen LogP) is 2.85. The minimum Gasteiger partial charge on any atom is -0.322 e. The van der Waals surface area contributed by atoms with Crippen molar-refractivity contribution in [1.29, 1.82) is 0 Å². The largest absolute Gasteiger partial charge is 0.322 e. The van der Waals surface area contributed by atoms with Crippen molar-refractivity contribution in [2.24, 2.45) is 5.73 Å². The number of aryl methyl sites for hydroxylation is 1. The lowest BCUT2D eigenvalue weighted by Crippen LogP contribution is -2.14. The molecular weight excluding hydrogens is 286 g/mol. The van der Waals surface area contributed by atoms with E-state index in [2.05, 4.69) is 32.0 Å². The van der Waals surface area contributed by atoms with Gasteiger partial charge in [0.1, 0.15) is 0 Å². The van der Waals surface area contributed by atoms with Crippen LogP contribution in [0.15, 0.2) is 28.3 Å². The van der Waals surface area contributed by atoms with Gasteiger partial charge in [0.2, 0.25) is 0 Å². The Morgan fingerprint density at radius 1 is 1.38 bits per heavy atom. The van der Waals surface area contributed by atoms with Crippen LogP contribution < -0.4 is 5.73 Å². The van der Waals surface area contributed by atoms with Crippen molar-refractivity contribution in [2.45, 2.75) is 19.4 Å². The first-order chi connectivity index (χ1) is 7.65. The van der Waals surface area contributed by atoms with E-state index in [1.807, 2.05) is 13.0 Å². The van der Waals surface area contributed by atoms with E-state index >= 15 is 0 Å². The molecule has 84 valence electrons. The van der Waals surface area contributed by atoms with E-state index in [0.29, 0.717) is 0 Å². The number of halogens is 1. The van der Waals surface area contributed by atoms with Crippen molar-refractivity contribution in [1.82, 2.24) is 9.97 Å². The summed E-state index contributed by atoms with van der Waals surface area (Å²) < 4.78 is 1.13. The first-order valence-electron chi connectivity index (χ1n) is 4.93. The van der Waals surface area contributed by atoms with Crippen molar-refractivity contribution in [3.05, 3.63) is 44.6 Å². The van der Waals surface area contributed by atoms with Gasteiger partial charge in [0.05, 0.1) is 27.4 Å². The molecule has 2 rings (SSSR count). The molecule has 5 heteroatoms. The summed E-state index contributed by atoms with van der Waals surface area (Å²) in [6, 6.07) is 4.03. The van der Waals surface area contributed by atoms with Gasteiger partial charge in [-0.05, 0) is 35.0 Å². The summed E-state index contributed by atoms with van der Waals surface area (Å²) in [6.07, 6.45) is 4.30. The maximum absolute atomic E-state index is 6.08. The normalized spacial score (nSPS) is 12.7. The van der Waals surface area contributed by atoms with Gasteiger partial charge in [-0.3, -0.25) is 9.97 Å². The van der Waals surface area contributed by atoms with Crippen LogP contribution in [0.2, 0.25) is 0 Å². The SMILES string of the molecule is Cc1cnc(C(N)Cc2ccc(Br)s2)cn1. The molecule has 2 aromatic heterocycles. The number of hydrogen-bond acceptors (Lipinski definition) is 4. The van der Waals surface area contributed by atoms with E-state index in [1.165, 1.54) is 4.88 Å². The Bertz CT molecular complexity index is 466. The van der Waals surface area contributed by atoms with Crippen molar-refractivity contribution in [3.63, 3.8) is 0 Å². The molecular formula is C11H12BrN3S. The predicted molar refractivity (Wildman–Crippen MR) is 69.4 cm³/mol. The Labute approximate surface area is 107 Å². The molecule has 3 nitrogen and oxygen atoms in total. The van der Waals surface area contributed by atoms with Gasteiger partial charge in [-0.15, -0.1) is 11.3 Å². The molecule has 0 amide bonds. The standard InChI is InChI=1S/C11H12BrN3S/c1-7-5-15-10(6-14-7)9(13)4-8-2-3-11(12)16-8/h2-3,5-6,9H,4,13H2,1H3. The molecule has 0 saturated heterocycles. The van der Waals surface area contributed by atoms with Gasteiger partial charge >= 0.3 is 0 Å². The molecule has 0 aliphatic rings. The van der Waals surface area contributed by atoms with Crippen molar-refractivity contribution in [3.8, 4) is 0 Å². The summed E-state index contributed by atoms with van der Waals surface area (Å²) in [5.74, 6) is 0. The average Bonchev–Trinajstić information content (AvgIpc) is 2.65. The lowest BCUT2D eigenvalue weighted by atomic mass is 10.1. The second kappa shape index (κ2) is 5.03. The third kappa shape index (κ3) is 2.87. The van der Waals surface area contributed by atoms with Gasteiger partial charge in [0.15, 0.2) is 0 Å². The Balaban J connectivity index is 2.08. The zero-order valence-corrected chi connectivity index (χ0v) is 11.3. The number of nitrogens with zero attached hydrogens (tertiary/aromatic N) is 2. The average molecular weight is 298 g/mol. The summed E-state index contributed by atoms with van der Waals surface area (Å²) >= 11 is 5.14. The monoisotopic (exact) mass is 297 g/mol. The van der Waals surface area contributed by atoms with Crippen LogP contribution in [-0.4, -0.2) is 9.97 Å². The molecule has 0 aliphatic carbocycles. The molecule has 2 N–H and O–H groups in total. The number of aromatic nitrogens is 2. The van der Waals surface area contributed by atoms with Crippen molar-refractivity contribution >= 4 is 27.3 Å². The van der Waals surface area contributed by atoms with Crippen LogP contribution in [0.5, 0.6) is 0 Å². The Kier molecular flexibility index (Phi) is 3.68. The smallest absolute Gasteiger partial charge is 0.0757 e. The number of rotatable bonds is 3. The molecule has 0 radical (unpaired) electrons. The van der Waals surface area contributed by atoms with Gasteiger partial charge in [-0.2, -0.15) is 0 Å².